The second kappa shape index (κ2) is 8.18. The van der Waals surface area contributed by atoms with Crippen molar-refractivity contribution in [2.45, 2.75) is 18.5 Å². The number of aromatic nitrogens is 3. The lowest BCUT2D eigenvalue weighted by Gasteiger charge is -2.09. The molecule has 0 aliphatic rings. The highest BCUT2D eigenvalue weighted by Crippen LogP contribution is 2.24. The van der Waals surface area contributed by atoms with Crippen molar-refractivity contribution < 1.29 is 4.79 Å². The molecule has 3 aromatic rings. The Bertz CT molecular complexity index is 867. The summed E-state index contributed by atoms with van der Waals surface area (Å²) in [7, 11) is 0. The molecule has 0 spiro atoms. The maximum Gasteiger partial charge on any atom is 0.234 e. The normalized spacial score (nSPS) is 10.6. The van der Waals surface area contributed by atoms with E-state index in [9.17, 15) is 4.79 Å². The number of thioether (sulfide) groups is 1. The van der Waals surface area contributed by atoms with E-state index in [0.717, 1.165) is 17.9 Å². The predicted molar refractivity (Wildman–Crippen MR) is 102 cm³/mol. The molecule has 0 radical (unpaired) electrons. The summed E-state index contributed by atoms with van der Waals surface area (Å²) in [5.41, 5.74) is 1.59. The number of benzene rings is 2. The maximum absolute atomic E-state index is 12.2. The second-order valence-corrected chi connectivity index (χ2v) is 6.59. The third kappa shape index (κ3) is 4.21. The zero-order valence-electron chi connectivity index (χ0n) is 13.6. The lowest BCUT2D eigenvalue weighted by atomic mass is 10.3. The third-order valence-corrected chi connectivity index (χ3v) is 4.77. The van der Waals surface area contributed by atoms with Crippen molar-refractivity contribution >= 4 is 35.0 Å². The molecule has 0 aliphatic carbocycles. The van der Waals surface area contributed by atoms with E-state index >= 15 is 0 Å². The molecule has 0 unspecified atom stereocenters. The molecule has 0 aliphatic heterocycles. The van der Waals surface area contributed by atoms with Crippen molar-refractivity contribution in [2.75, 3.05) is 11.1 Å². The van der Waals surface area contributed by atoms with Crippen LogP contribution in [0.5, 0.6) is 0 Å². The lowest BCUT2D eigenvalue weighted by Crippen LogP contribution is -2.15. The predicted octanol–water partition coefficient (Wildman–Crippen LogP) is 4.21. The molecule has 128 valence electrons. The molecule has 0 bridgehead atoms. The Morgan fingerprint density at radius 1 is 1.12 bits per heavy atom. The molecule has 0 atom stereocenters. The molecule has 1 heterocycles. The summed E-state index contributed by atoms with van der Waals surface area (Å²) in [5, 5.41) is 12.5. The van der Waals surface area contributed by atoms with Crippen LogP contribution < -0.4 is 5.32 Å². The van der Waals surface area contributed by atoms with Crippen molar-refractivity contribution in [3.63, 3.8) is 0 Å². The Labute approximate surface area is 155 Å². The summed E-state index contributed by atoms with van der Waals surface area (Å²) in [6.07, 6.45) is 0.758. The first-order valence-electron chi connectivity index (χ1n) is 7.86. The average molecular weight is 373 g/mol. The van der Waals surface area contributed by atoms with E-state index in [2.05, 4.69) is 15.5 Å². The van der Waals surface area contributed by atoms with E-state index < -0.39 is 0 Å². The van der Waals surface area contributed by atoms with Gasteiger partial charge in [-0.15, -0.1) is 10.2 Å². The van der Waals surface area contributed by atoms with Gasteiger partial charge >= 0.3 is 0 Å². The molecule has 3 rings (SSSR count). The summed E-state index contributed by atoms with van der Waals surface area (Å²) >= 11 is 7.41. The van der Waals surface area contributed by atoms with Gasteiger partial charge in [-0.3, -0.25) is 9.36 Å². The highest BCUT2D eigenvalue weighted by atomic mass is 35.5. The maximum atomic E-state index is 12.2. The Kier molecular flexibility index (Phi) is 5.73. The van der Waals surface area contributed by atoms with Gasteiger partial charge in [0.25, 0.3) is 0 Å². The molecule has 7 heteroatoms. The van der Waals surface area contributed by atoms with Gasteiger partial charge in [-0.25, -0.2) is 0 Å². The van der Waals surface area contributed by atoms with Gasteiger partial charge in [0.1, 0.15) is 5.82 Å². The fourth-order valence-electron chi connectivity index (χ4n) is 2.34. The van der Waals surface area contributed by atoms with Crippen molar-refractivity contribution in [1.82, 2.24) is 14.8 Å². The van der Waals surface area contributed by atoms with Crippen LogP contribution >= 0.6 is 23.4 Å². The standard InChI is InChI=1S/C18H17ClN4OS/c1-2-16-21-22-18(23(16)13-8-4-3-5-9-13)25-12-17(24)20-15-11-7-6-10-14(15)19/h3-11H,2,12H2,1H3,(H,20,24). The number of aryl methyl sites for hydroxylation is 1. The van der Waals surface area contributed by atoms with Crippen LogP contribution in [0.2, 0.25) is 5.02 Å². The molecule has 25 heavy (non-hydrogen) atoms. The monoisotopic (exact) mass is 372 g/mol. The van der Waals surface area contributed by atoms with Crippen LogP contribution in [0.25, 0.3) is 5.69 Å². The number of carbonyl (C=O) groups excluding carboxylic acids is 1. The van der Waals surface area contributed by atoms with Gasteiger partial charge in [0.2, 0.25) is 5.91 Å². The minimum absolute atomic E-state index is 0.140. The van der Waals surface area contributed by atoms with Crippen LogP contribution in [0.4, 0.5) is 5.69 Å². The summed E-state index contributed by atoms with van der Waals surface area (Å²) in [6, 6.07) is 17.0. The number of anilines is 1. The molecule has 0 saturated heterocycles. The molecule has 2 aromatic carbocycles. The quantitative estimate of drug-likeness (QED) is 0.658. The van der Waals surface area contributed by atoms with Crippen LogP contribution in [0.15, 0.2) is 59.8 Å². The van der Waals surface area contributed by atoms with Crippen molar-refractivity contribution in [3.05, 3.63) is 65.4 Å². The Hall–Kier alpha value is -2.31. The number of hydrogen-bond acceptors (Lipinski definition) is 4. The van der Waals surface area contributed by atoms with Gasteiger partial charge in [0, 0.05) is 12.1 Å². The summed E-state index contributed by atoms with van der Waals surface area (Å²) in [6.45, 7) is 2.03. The number of para-hydroxylation sites is 2. The van der Waals surface area contributed by atoms with Crippen molar-refractivity contribution in [1.29, 1.82) is 0 Å². The first-order valence-corrected chi connectivity index (χ1v) is 9.22. The summed E-state index contributed by atoms with van der Waals surface area (Å²) in [5.74, 6) is 0.943. The molecule has 1 aromatic heterocycles. The van der Waals surface area contributed by atoms with Gasteiger partial charge in [0.05, 0.1) is 16.5 Å². The number of rotatable bonds is 6. The van der Waals surface area contributed by atoms with Gasteiger partial charge in [-0.1, -0.05) is 60.6 Å². The molecule has 1 N–H and O–H groups in total. The molecular formula is C18H17ClN4OS. The number of hydrogen-bond donors (Lipinski definition) is 1. The second-order valence-electron chi connectivity index (χ2n) is 5.24. The number of nitrogens with zero attached hydrogens (tertiary/aromatic N) is 3. The Morgan fingerprint density at radius 3 is 2.56 bits per heavy atom. The first kappa shape index (κ1) is 17.5. The van der Waals surface area contributed by atoms with Crippen molar-refractivity contribution in [2.24, 2.45) is 0 Å². The van der Waals surface area contributed by atoms with E-state index in [1.165, 1.54) is 11.8 Å². The lowest BCUT2D eigenvalue weighted by molar-refractivity contribution is -0.113. The smallest absolute Gasteiger partial charge is 0.234 e. The highest BCUT2D eigenvalue weighted by molar-refractivity contribution is 7.99. The van der Waals surface area contributed by atoms with Crippen LogP contribution in [-0.2, 0) is 11.2 Å². The van der Waals surface area contributed by atoms with Gasteiger partial charge in [-0.2, -0.15) is 0 Å². The fourth-order valence-corrected chi connectivity index (χ4v) is 3.29. The van der Waals surface area contributed by atoms with Crippen LogP contribution in [0.3, 0.4) is 0 Å². The van der Waals surface area contributed by atoms with Gasteiger partial charge in [0.15, 0.2) is 5.16 Å². The largest absolute Gasteiger partial charge is 0.324 e. The molecule has 1 amide bonds. The topological polar surface area (TPSA) is 59.8 Å². The fraction of sp³-hybridized carbons (Fsp3) is 0.167. The number of nitrogens with one attached hydrogen (secondary N) is 1. The Morgan fingerprint density at radius 2 is 1.84 bits per heavy atom. The average Bonchev–Trinajstić information content (AvgIpc) is 3.05. The van der Waals surface area contributed by atoms with E-state index in [1.807, 2.05) is 54.0 Å². The molecular weight excluding hydrogens is 356 g/mol. The minimum Gasteiger partial charge on any atom is -0.324 e. The van der Waals surface area contributed by atoms with E-state index in [4.69, 9.17) is 11.6 Å². The number of amides is 1. The SMILES string of the molecule is CCc1nnc(SCC(=O)Nc2ccccc2Cl)n1-c1ccccc1. The van der Waals surface area contributed by atoms with Gasteiger partial charge in [-0.05, 0) is 24.3 Å². The Balaban J connectivity index is 1.72. The summed E-state index contributed by atoms with van der Waals surface area (Å²) in [4.78, 5) is 12.2. The van der Waals surface area contributed by atoms with Crippen molar-refractivity contribution in [3.8, 4) is 5.69 Å². The third-order valence-electron chi connectivity index (χ3n) is 3.51. The minimum atomic E-state index is -0.140. The van der Waals surface area contributed by atoms with Crippen LogP contribution in [-0.4, -0.2) is 26.4 Å². The molecule has 5 nitrogen and oxygen atoms in total. The first-order chi connectivity index (χ1) is 12.2. The van der Waals surface area contributed by atoms with E-state index in [1.54, 1.807) is 12.1 Å². The van der Waals surface area contributed by atoms with Crippen LogP contribution in [0.1, 0.15) is 12.7 Å². The molecule has 0 fully saturated rings. The number of halogens is 1. The molecule has 0 saturated carbocycles. The summed E-state index contributed by atoms with van der Waals surface area (Å²) < 4.78 is 1.98. The zero-order chi connectivity index (χ0) is 17.6. The van der Waals surface area contributed by atoms with Gasteiger partial charge < -0.3 is 5.32 Å². The number of carbonyl (C=O) groups is 1. The zero-order valence-corrected chi connectivity index (χ0v) is 15.2. The van der Waals surface area contributed by atoms with E-state index in [-0.39, 0.29) is 11.7 Å². The van der Waals surface area contributed by atoms with Crippen LogP contribution in [0, 0.1) is 0 Å². The van der Waals surface area contributed by atoms with E-state index in [0.29, 0.717) is 15.9 Å². The highest BCUT2D eigenvalue weighted by Gasteiger charge is 2.15.